The molecule has 2 N–H and O–H groups in total. The van der Waals surface area contributed by atoms with Crippen molar-refractivity contribution in [3.8, 4) is 0 Å². The van der Waals surface area contributed by atoms with Crippen LogP contribution in [0.2, 0.25) is 0 Å². The molecule has 0 aliphatic carbocycles. The minimum absolute atomic E-state index is 0.295. The van der Waals surface area contributed by atoms with Crippen molar-refractivity contribution in [1.29, 1.82) is 0 Å². The van der Waals surface area contributed by atoms with Gasteiger partial charge in [0.15, 0.2) is 10.1 Å². The highest BCUT2D eigenvalue weighted by Crippen LogP contribution is 2.05. The minimum atomic E-state index is -0.711. The van der Waals surface area contributed by atoms with E-state index >= 15 is 0 Å². The van der Waals surface area contributed by atoms with Crippen molar-refractivity contribution in [2.45, 2.75) is 12.8 Å². The van der Waals surface area contributed by atoms with E-state index in [4.69, 9.17) is 0 Å². The van der Waals surface area contributed by atoms with Gasteiger partial charge in [0, 0.05) is 39.3 Å². The van der Waals surface area contributed by atoms with Crippen molar-refractivity contribution in [3.05, 3.63) is 20.2 Å². The molecule has 0 bridgehead atoms. The molecular formula is C10H18N8O4. The fourth-order valence-electron chi connectivity index (χ4n) is 2.43. The van der Waals surface area contributed by atoms with Crippen LogP contribution in [0.1, 0.15) is 12.8 Å². The lowest BCUT2D eigenvalue weighted by Gasteiger charge is -2.18. The lowest BCUT2D eigenvalue weighted by molar-refractivity contribution is -0.485. The third-order valence-electron chi connectivity index (χ3n) is 3.39. The van der Waals surface area contributed by atoms with Gasteiger partial charge in [-0.3, -0.25) is 0 Å². The first kappa shape index (κ1) is 15.7. The first-order chi connectivity index (χ1) is 10.6. The molecule has 0 saturated carbocycles. The number of unbranched alkanes of at least 4 members (excludes halogenated alkanes) is 1. The second-order valence-corrected chi connectivity index (χ2v) is 4.86. The van der Waals surface area contributed by atoms with Crippen molar-refractivity contribution < 1.29 is 10.1 Å². The second-order valence-electron chi connectivity index (χ2n) is 4.86. The fraction of sp³-hybridized carbons (Fsp3) is 0.800. The topological polar surface area (TPSA) is 142 Å². The van der Waals surface area contributed by atoms with Crippen LogP contribution in [-0.2, 0) is 0 Å². The highest BCUT2D eigenvalue weighted by Gasteiger charge is 2.22. The van der Waals surface area contributed by atoms with Gasteiger partial charge >= 0.3 is 0 Å². The van der Waals surface area contributed by atoms with Gasteiger partial charge < -0.3 is 20.4 Å². The van der Waals surface area contributed by atoms with E-state index in [2.05, 4.69) is 20.8 Å². The molecule has 2 rings (SSSR count). The largest absolute Gasteiger partial charge is 0.349 e. The zero-order valence-electron chi connectivity index (χ0n) is 12.0. The molecule has 0 spiro atoms. The Labute approximate surface area is 126 Å². The summed E-state index contributed by atoms with van der Waals surface area (Å²) in [6, 6.07) is 0. The monoisotopic (exact) mass is 314 g/mol. The Morgan fingerprint density at radius 3 is 1.68 bits per heavy atom. The molecule has 2 heterocycles. The van der Waals surface area contributed by atoms with Crippen LogP contribution in [-0.4, -0.2) is 71.1 Å². The Hall–Kier alpha value is -2.66. The number of nitro groups is 2. The Morgan fingerprint density at radius 1 is 0.909 bits per heavy atom. The number of hydrogen-bond donors (Lipinski definition) is 2. The van der Waals surface area contributed by atoms with E-state index in [-0.39, 0.29) is 0 Å². The Kier molecular flexibility index (Phi) is 5.27. The normalized spacial score (nSPS) is 21.3. The molecule has 2 aliphatic rings. The van der Waals surface area contributed by atoms with Gasteiger partial charge in [-0.05, 0) is 12.8 Å². The molecule has 0 amide bonds. The van der Waals surface area contributed by atoms with Gasteiger partial charge in [-0.25, -0.2) is 20.2 Å². The molecule has 2 saturated heterocycles. The number of hydrazone groups is 2. The average Bonchev–Trinajstić information content (AvgIpc) is 3.04. The molecule has 0 radical (unpaired) electrons. The average molecular weight is 314 g/mol. The Bertz CT molecular complexity index is 449. The van der Waals surface area contributed by atoms with Crippen LogP contribution >= 0.6 is 0 Å². The molecule has 12 heteroatoms. The molecule has 12 nitrogen and oxygen atoms in total. The fourth-order valence-corrected chi connectivity index (χ4v) is 2.43. The van der Waals surface area contributed by atoms with Gasteiger partial charge in [-0.1, -0.05) is 0 Å². The summed E-state index contributed by atoms with van der Waals surface area (Å²) >= 11 is 0. The summed E-state index contributed by atoms with van der Waals surface area (Å²) < 4.78 is 0. The Balaban J connectivity index is 1.73. The lowest BCUT2D eigenvalue weighted by Crippen LogP contribution is -2.34. The number of nitrogens with zero attached hydrogens (tertiary/aromatic N) is 6. The van der Waals surface area contributed by atoms with Gasteiger partial charge in [0.1, 0.15) is 10.2 Å². The summed E-state index contributed by atoms with van der Waals surface area (Å²) in [7, 11) is 0. The van der Waals surface area contributed by atoms with E-state index < -0.39 is 10.1 Å². The maximum absolute atomic E-state index is 10.4. The maximum Gasteiger partial charge on any atom is 0.271 e. The van der Waals surface area contributed by atoms with Crippen molar-refractivity contribution >= 4 is 11.9 Å². The molecule has 0 unspecified atom stereocenters. The van der Waals surface area contributed by atoms with Gasteiger partial charge in [-0.15, -0.1) is 0 Å². The van der Waals surface area contributed by atoms with Crippen LogP contribution in [0.5, 0.6) is 0 Å². The van der Waals surface area contributed by atoms with Crippen LogP contribution in [0.3, 0.4) is 0 Å². The van der Waals surface area contributed by atoms with Crippen molar-refractivity contribution in [2.75, 3.05) is 39.3 Å². The first-order valence-electron chi connectivity index (χ1n) is 7.00. The number of nitrogens with one attached hydrogen (secondary N) is 2. The van der Waals surface area contributed by atoms with Crippen LogP contribution in [0.4, 0.5) is 0 Å². The lowest BCUT2D eigenvalue weighted by atomic mass is 10.3. The van der Waals surface area contributed by atoms with E-state index in [1.165, 1.54) is 0 Å². The summed E-state index contributed by atoms with van der Waals surface area (Å²) in [5, 5.41) is 31.7. The molecule has 2 aliphatic heterocycles. The summed E-state index contributed by atoms with van der Waals surface area (Å²) in [6.45, 7) is 3.97. The minimum Gasteiger partial charge on any atom is -0.349 e. The predicted molar refractivity (Wildman–Crippen MR) is 77.2 cm³/mol. The van der Waals surface area contributed by atoms with Crippen LogP contribution in [0.15, 0.2) is 10.2 Å². The quantitative estimate of drug-likeness (QED) is 0.334. The van der Waals surface area contributed by atoms with Crippen molar-refractivity contribution in [1.82, 2.24) is 20.4 Å². The van der Waals surface area contributed by atoms with Gasteiger partial charge in [0.2, 0.25) is 0 Å². The summed E-state index contributed by atoms with van der Waals surface area (Å²) in [6.07, 6.45) is 1.61. The molecule has 22 heavy (non-hydrogen) atoms. The number of hydrogen-bond acceptors (Lipinski definition) is 4. The highest BCUT2D eigenvalue weighted by atomic mass is 16.7. The van der Waals surface area contributed by atoms with E-state index in [1.807, 2.05) is 9.80 Å². The second kappa shape index (κ2) is 7.38. The zero-order valence-corrected chi connectivity index (χ0v) is 12.0. The number of rotatable bonds is 7. The van der Waals surface area contributed by atoms with Gasteiger partial charge in [0.05, 0.1) is 0 Å². The summed E-state index contributed by atoms with van der Waals surface area (Å²) in [4.78, 5) is 24.5. The van der Waals surface area contributed by atoms with E-state index in [0.29, 0.717) is 51.2 Å². The molecular weight excluding hydrogens is 296 g/mol. The van der Waals surface area contributed by atoms with Gasteiger partial charge in [-0.2, -0.15) is 0 Å². The maximum atomic E-state index is 10.4. The molecule has 0 aromatic carbocycles. The number of guanidine groups is 2. The van der Waals surface area contributed by atoms with Crippen molar-refractivity contribution in [2.24, 2.45) is 10.2 Å². The third-order valence-corrected chi connectivity index (χ3v) is 3.39. The predicted octanol–water partition coefficient (Wildman–Crippen LogP) is -1.33. The third kappa shape index (κ3) is 4.43. The molecule has 0 aromatic heterocycles. The smallest absolute Gasteiger partial charge is 0.271 e. The molecule has 0 atom stereocenters. The van der Waals surface area contributed by atoms with E-state index in [0.717, 1.165) is 12.8 Å². The zero-order chi connectivity index (χ0) is 15.9. The van der Waals surface area contributed by atoms with Crippen LogP contribution in [0, 0.1) is 20.2 Å². The molecule has 0 aromatic rings. The van der Waals surface area contributed by atoms with E-state index in [9.17, 15) is 20.2 Å². The first-order valence-corrected chi connectivity index (χ1v) is 7.00. The SMILES string of the molecule is O=[N+]([O-])N=C1NCCN1CCCCN1CCNC1=N[N+](=O)[O-]. The van der Waals surface area contributed by atoms with Crippen LogP contribution < -0.4 is 10.6 Å². The Morgan fingerprint density at radius 2 is 1.32 bits per heavy atom. The summed E-state index contributed by atoms with van der Waals surface area (Å²) in [5.74, 6) is 0.590. The standard InChI is InChI=1S/C10H18N8O4/c19-17(20)13-9-11-3-7-15(9)5-1-2-6-16-8-4-12-10(16)14-18(21)22/h1-8H2,(H,11,13)(H,12,14). The molecule has 122 valence electrons. The van der Waals surface area contributed by atoms with Crippen molar-refractivity contribution in [3.63, 3.8) is 0 Å². The summed E-state index contributed by atoms with van der Waals surface area (Å²) in [5.41, 5.74) is 0. The van der Waals surface area contributed by atoms with E-state index in [1.54, 1.807) is 0 Å². The molecule has 2 fully saturated rings. The highest BCUT2D eigenvalue weighted by molar-refractivity contribution is 5.81. The van der Waals surface area contributed by atoms with Gasteiger partial charge in [0.25, 0.3) is 11.9 Å². The van der Waals surface area contributed by atoms with Crippen LogP contribution in [0.25, 0.3) is 0 Å².